The van der Waals surface area contributed by atoms with Gasteiger partial charge in [-0.2, -0.15) is 0 Å². The van der Waals surface area contributed by atoms with Crippen LogP contribution < -0.4 is 5.32 Å². The van der Waals surface area contributed by atoms with E-state index in [1.165, 1.54) is 6.92 Å². The van der Waals surface area contributed by atoms with Gasteiger partial charge in [0.2, 0.25) is 5.91 Å². The van der Waals surface area contributed by atoms with Crippen LogP contribution in [0.1, 0.15) is 40.5 Å². The van der Waals surface area contributed by atoms with Crippen molar-refractivity contribution in [2.24, 2.45) is 11.8 Å². The molecule has 0 heterocycles. The van der Waals surface area contributed by atoms with Crippen LogP contribution in [0.2, 0.25) is 0 Å². The third-order valence-corrected chi connectivity index (χ3v) is 3.51. The maximum atomic E-state index is 12.2. The molecule has 128 valence electrons. The van der Waals surface area contributed by atoms with E-state index in [4.69, 9.17) is 9.47 Å². The molecule has 0 aliphatic carbocycles. The zero-order valence-corrected chi connectivity index (χ0v) is 14.3. The van der Waals surface area contributed by atoms with Crippen molar-refractivity contribution in [3.05, 3.63) is 0 Å². The van der Waals surface area contributed by atoms with E-state index in [0.717, 1.165) is 0 Å². The average molecular weight is 315 g/mol. The molecule has 0 aromatic heterocycles. The van der Waals surface area contributed by atoms with E-state index in [1.807, 2.05) is 13.8 Å². The smallest absolute Gasteiger partial charge is 0.224 e. The highest BCUT2D eigenvalue weighted by atomic mass is 16.5. The van der Waals surface area contributed by atoms with Gasteiger partial charge in [0, 0.05) is 25.9 Å². The molecule has 0 rings (SSSR count). The van der Waals surface area contributed by atoms with Crippen molar-refractivity contribution in [2.75, 3.05) is 26.9 Å². The fraction of sp³-hybridized carbons (Fsp3) is 0.812. The zero-order valence-electron chi connectivity index (χ0n) is 14.3. The van der Waals surface area contributed by atoms with Crippen LogP contribution in [0.15, 0.2) is 0 Å². The molecular formula is C16H29NO5. The molecule has 0 radical (unpaired) electrons. The van der Waals surface area contributed by atoms with Gasteiger partial charge in [-0.25, -0.2) is 0 Å². The van der Waals surface area contributed by atoms with Gasteiger partial charge in [-0.15, -0.1) is 0 Å². The first-order valence-electron chi connectivity index (χ1n) is 7.68. The number of methoxy groups -OCH3 is 1. The third-order valence-electron chi connectivity index (χ3n) is 3.51. The van der Waals surface area contributed by atoms with Crippen LogP contribution >= 0.6 is 0 Å². The second-order valence-corrected chi connectivity index (χ2v) is 5.79. The number of carbonyl (C=O) groups is 3. The van der Waals surface area contributed by atoms with Gasteiger partial charge in [-0.3, -0.25) is 14.4 Å². The number of hydrogen-bond donors (Lipinski definition) is 1. The summed E-state index contributed by atoms with van der Waals surface area (Å²) in [6.45, 7) is 8.14. The Labute approximate surface area is 132 Å². The topological polar surface area (TPSA) is 81.7 Å². The summed E-state index contributed by atoms with van der Waals surface area (Å²) in [5.74, 6) is -0.757. The molecular weight excluding hydrogens is 286 g/mol. The number of Topliss-reactive ketones (excluding diaryl/α,β-unsaturated/α-hetero) is 2. The van der Waals surface area contributed by atoms with Gasteiger partial charge in [0.05, 0.1) is 25.9 Å². The van der Waals surface area contributed by atoms with E-state index in [9.17, 15) is 14.4 Å². The highest BCUT2D eigenvalue weighted by Gasteiger charge is 2.26. The lowest BCUT2D eigenvalue weighted by atomic mass is 9.89. The lowest BCUT2D eigenvalue weighted by Gasteiger charge is -2.21. The summed E-state index contributed by atoms with van der Waals surface area (Å²) in [6, 6.07) is -0.527. The molecule has 1 N–H and O–H groups in total. The molecule has 0 saturated heterocycles. The summed E-state index contributed by atoms with van der Waals surface area (Å²) in [4.78, 5) is 35.4. The van der Waals surface area contributed by atoms with Gasteiger partial charge in [-0.1, -0.05) is 13.8 Å². The lowest BCUT2D eigenvalue weighted by Crippen LogP contribution is -2.42. The van der Waals surface area contributed by atoms with Gasteiger partial charge >= 0.3 is 0 Å². The lowest BCUT2D eigenvalue weighted by molar-refractivity contribution is -0.133. The minimum absolute atomic E-state index is 0.0123. The molecule has 22 heavy (non-hydrogen) atoms. The van der Waals surface area contributed by atoms with Crippen LogP contribution in [0.5, 0.6) is 0 Å². The fourth-order valence-electron chi connectivity index (χ4n) is 1.83. The van der Waals surface area contributed by atoms with Crippen molar-refractivity contribution in [1.29, 1.82) is 0 Å². The predicted octanol–water partition coefficient (Wildman–Crippen LogP) is 1.36. The maximum absolute atomic E-state index is 12.2. The number of ether oxygens (including phenoxy) is 2. The summed E-state index contributed by atoms with van der Waals surface area (Å²) >= 11 is 0. The number of amides is 1. The van der Waals surface area contributed by atoms with E-state index in [0.29, 0.717) is 19.8 Å². The van der Waals surface area contributed by atoms with Crippen molar-refractivity contribution < 1.29 is 23.9 Å². The predicted molar refractivity (Wildman–Crippen MR) is 83.5 cm³/mol. The highest BCUT2D eigenvalue weighted by molar-refractivity contribution is 5.90. The van der Waals surface area contributed by atoms with Gasteiger partial charge in [0.25, 0.3) is 0 Å². The molecule has 0 bridgehead atoms. The summed E-state index contributed by atoms with van der Waals surface area (Å²) in [7, 11) is 1.59. The Bertz CT molecular complexity index is 368. The first kappa shape index (κ1) is 20.7. The fourth-order valence-corrected chi connectivity index (χ4v) is 1.83. The molecule has 0 aliphatic heterocycles. The van der Waals surface area contributed by atoms with Crippen molar-refractivity contribution in [1.82, 2.24) is 5.32 Å². The molecule has 0 spiro atoms. The molecule has 6 heteroatoms. The molecule has 0 fully saturated rings. The van der Waals surface area contributed by atoms with E-state index < -0.39 is 12.0 Å². The van der Waals surface area contributed by atoms with Gasteiger partial charge in [0.15, 0.2) is 5.78 Å². The molecule has 2 atom stereocenters. The Kier molecular flexibility index (Phi) is 10.7. The van der Waals surface area contributed by atoms with E-state index >= 15 is 0 Å². The van der Waals surface area contributed by atoms with Crippen LogP contribution in [0, 0.1) is 11.8 Å². The van der Waals surface area contributed by atoms with Crippen molar-refractivity contribution in [3.8, 4) is 0 Å². The summed E-state index contributed by atoms with van der Waals surface area (Å²) in [6.07, 6.45) is 0.449. The monoisotopic (exact) mass is 315 g/mol. The standard InChI is InChI=1S/C16H29NO5/c1-11(2)15(16(20)17-12(3)13(4)18)10-14(19)6-7-22-9-8-21-5/h11-12,15H,6-10H2,1-5H3,(H,17,20)/t12-,15-/m0/s1. The summed E-state index contributed by atoms with van der Waals surface area (Å²) < 4.78 is 10.1. The molecule has 1 amide bonds. The normalized spacial score (nSPS) is 13.7. The number of rotatable bonds is 12. The minimum atomic E-state index is -0.527. The largest absolute Gasteiger partial charge is 0.382 e. The Balaban J connectivity index is 4.30. The number of carbonyl (C=O) groups excluding carboxylic acids is 3. The Hall–Kier alpha value is -1.27. The van der Waals surface area contributed by atoms with Crippen molar-refractivity contribution in [3.63, 3.8) is 0 Å². The Morgan fingerprint density at radius 3 is 2.18 bits per heavy atom. The van der Waals surface area contributed by atoms with Crippen LogP contribution in [-0.4, -0.2) is 50.4 Å². The summed E-state index contributed by atoms with van der Waals surface area (Å²) in [5, 5.41) is 2.66. The number of hydrogen-bond acceptors (Lipinski definition) is 5. The molecule has 6 nitrogen and oxygen atoms in total. The van der Waals surface area contributed by atoms with Gasteiger partial charge in [-0.05, 0) is 19.8 Å². The molecule has 0 saturated carbocycles. The average Bonchev–Trinajstić information content (AvgIpc) is 2.43. The summed E-state index contributed by atoms with van der Waals surface area (Å²) in [5.41, 5.74) is 0. The Morgan fingerprint density at radius 2 is 1.68 bits per heavy atom. The van der Waals surface area contributed by atoms with Crippen molar-refractivity contribution in [2.45, 2.75) is 46.6 Å². The third kappa shape index (κ3) is 8.89. The quantitative estimate of drug-likeness (QED) is 0.550. The number of nitrogens with one attached hydrogen (secondary N) is 1. The highest BCUT2D eigenvalue weighted by Crippen LogP contribution is 2.17. The molecule has 0 aromatic carbocycles. The van der Waals surface area contributed by atoms with Gasteiger partial charge in [0.1, 0.15) is 5.78 Å². The van der Waals surface area contributed by atoms with E-state index in [1.54, 1.807) is 14.0 Å². The molecule has 0 aliphatic rings. The van der Waals surface area contributed by atoms with Gasteiger partial charge < -0.3 is 14.8 Å². The second-order valence-electron chi connectivity index (χ2n) is 5.79. The molecule has 0 aromatic rings. The zero-order chi connectivity index (χ0) is 17.1. The minimum Gasteiger partial charge on any atom is -0.382 e. The maximum Gasteiger partial charge on any atom is 0.224 e. The van der Waals surface area contributed by atoms with Crippen LogP contribution in [0.4, 0.5) is 0 Å². The van der Waals surface area contributed by atoms with Crippen LogP contribution in [-0.2, 0) is 23.9 Å². The number of ketones is 2. The Morgan fingerprint density at radius 1 is 1.05 bits per heavy atom. The second kappa shape index (κ2) is 11.3. The van der Waals surface area contributed by atoms with Crippen LogP contribution in [0.3, 0.4) is 0 Å². The van der Waals surface area contributed by atoms with E-state index in [-0.39, 0.29) is 36.2 Å². The first-order valence-corrected chi connectivity index (χ1v) is 7.68. The first-order chi connectivity index (χ1) is 10.3. The van der Waals surface area contributed by atoms with Crippen LogP contribution in [0.25, 0.3) is 0 Å². The molecule has 0 unspecified atom stereocenters. The SMILES string of the molecule is COCCOCCC(=O)C[C@H](C(=O)N[C@@H](C)C(C)=O)C(C)C. The van der Waals surface area contributed by atoms with Crippen molar-refractivity contribution >= 4 is 17.5 Å². The van der Waals surface area contributed by atoms with E-state index in [2.05, 4.69) is 5.32 Å².